The molecular weight excluding hydrogens is 402 g/mol. The normalized spacial score (nSPS) is 15.7. The molecule has 1 fully saturated rings. The molecule has 1 amide bonds. The van der Waals surface area contributed by atoms with Crippen LogP contribution in [0.5, 0.6) is 0 Å². The number of hydrogen-bond acceptors (Lipinski definition) is 5. The summed E-state index contributed by atoms with van der Waals surface area (Å²) in [7, 11) is -3.58. The van der Waals surface area contributed by atoms with Gasteiger partial charge in [0.25, 0.3) is 5.91 Å². The summed E-state index contributed by atoms with van der Waals surface area (Å²) in [5, 5.41) is 4.28. The molecule has 1 saturated heterocycles. The van der Waals surface area contributed by atoms with Gasteiger partial charge in [-0.15, -0.1) is 0 Å². The molecule has 30 heavy (non-hydrogen) atoms. The summed E-state index contributed by atoms with van der Waals surface area (Å²) in [6, 6.07) is 7.08. The van der Waals surface area contributed by atoms with Gasteiger partial charge in [0.2, 0.25) is 10.0 Å². The van der Waals surface area contributed by atoms with E-state index in [4.69, 9.17) is 0 Å². The van der Waals surface area contributed by atoms with Crippen molar-refractivity contribution in [3.8, 4) is 0 Å². The Balaban J connectivity index is 1.52. The van der Waals surface area contributed by atoms with Crippen LogP contribution in [0.25, 0.3) is 5.65 Å². The van der Waals surface area contributed by atoms with E-state index in [-0.39, 0.29) is 19.0 Å². The SMILES string of the molecule is Cc1cc(C)n2ncc(C(=O)N3CCN(S(=O)(=O)c4ccc(C)c(C)c4)CC3)c2n1. The fourth-order valence-electron chi connectivity index (χ4n) is 3.75. The van der Waals surface area contributed by atoms with Crippen molar-refractivity contribution in [3.63, 3.8) is 0 Å². The highest BCUT2D eigenvalue weighted by molar-refractivity contribution is 7.89. The van der Waals surface area contributed by atoms with E-state index in [2.05, 4.69) is 10.1 Å². The number of carbonyl (C=O) groups is 1. The lowest BCUT2D eigenvalue weighted by Crippen LogP contribution is -2.50. The summed E-state index contributed by atoms with van der Waals surface area (Å²) in [6.45, 7) is 8.81. The van der Waals surface area contributed by atoms with Crippen LogP contribution in [0.15, 0.2) is 35.4 Å². The van der Waals surface area contributed by atoms with Crippen LogP contribution in [-0.2, 0) is 10.0 Å². The van der Waals surface area contributed by atoms with Crippen LogP contribution in [0.3, 0.4) is 0 Å². The van der Waals surface area contributed by atoms with Crippen LogP contribution in [-0.4, -0.2) is 64.3 Å². The summed E-state index contributed by atoms with van der Waals surface area (Å²) in [4.78, 5) is 19.5. The van der Waals surface area contributed by atoms with Gasteiger partial charge in [0, 0.05) is 37.6 Å². The van der Waals surface area contributed by atoms with Crippen molar-refractivity contribution in [3.05, 3.63) is 58.5 Å². The Morgan fingerprint density at radius 3 is 2.33 bits per heavy atom. The molecule has 1 aliphatic rings. The summed E-state index contributed by atoms with van der Waals surface area (Å²) in [5.74, 6) is -0.175. The Morgan fingerprint density at radius 2 is 1.67 bits per heavy atom. The zero-order chi connectivity index (χ0) is 21.6. The summed E-state index contributed by atoms with van der Waals surface area (Å²) >= 11 is 0. The number of aryl methyl sites for hydroxylation is 4. The van der Waals surface area contributed by atoms with Gasteiger partial charge in [0.15, 0.2) is 5.65 Å². The second-order valence-corrected chi connectivity index (χ2v) is 9.71. The molecule has 9 heteroatoms. The summed E-state index contributed by atoms with van der Waals surface area (Å²) < 4.78 is 29.1. The quantitative estimate of drug-likeness (QED) is 0.639. The van der Waals surface area contributed by atoms with Crippen LogP contribution in [0, 0.1) is 27.7 Å². The fraction of sp³-hybridized carbons (Fsp3) is 0.381. The Kier molecular flexibility index (Phi) is 5.11. The molecule has 1 aromatic carbocycles. The van der Waals surface area contributed by atoms with E-state index in [0.29, 0.717) is 29.2 Å². The molecule has 0 aliphatic carbocycles. The number of hydrogen-bond donors (Lipinski definition) is 0. The van der Waals surface area contributed by atoms with Gasteiger partial charge in [-0.05, 0) is 57.0 Å². The maximum Gasteiger partial charge on any atom is 0.259 e. The summed E-state index contributed by atoms with van der Waals surface area (Å²) in [5.41, 5.74) is 4.68. The number of sulfonamides is 1. The molecule has 1 aliphatic heterocycles. The predicted molar refractivity (Wildman–Crippen MR) is 113 cm³/mol. The van der Waals surface area contributed by atoms with Gasteiger partial charge in [0.1, 0.15) is 5.56 Å². The van der Waals surface area contributed by atoms with E-state index < -0.39 is 10.0 Å². The zero-order valence-corrected chi connectivity index (χ0v) is 18.4. The molecule has 0 saturated carbocycles. The van der Waals surface area contributed by atoms with E-state index in [0.717, 1.165) is 22.5 Å². The topological polar surface area (TPSA) is 87.9 Å². The van der Waals surface area contributed by atoms with Crippen molar-refractivity contribution in [1.82, 2.24) is 23.8 Å². The third kappa shape index (κ3) is 3.48. The number of piperazine rings is 1. The lowest BCUT2D eigenvalue weighted by molar-refractivity contribution is 0.0699. The van der Waals surface area contributed by atoms with Crippen molar-refractivity contribution in [2.24, 2.45) is 0 Å². The van der Waals surface area contributed by atoms with Crippen molar-refractivity contribution in [2.45, 2.75) is 32.6 Å². The molecule has 158 valence electrons. The van der Waals surface area contributed by atoms with Crippen LogP contribution < -0.4 is 0 Å². The number of amides is 1. The molecule has 0 N–H and O–H groups in total. The Labute approximate surface area is 176 Å². The van der Waals surface area contributed by atoms with E-state index >= 15 is 0 Å². The Bertz CT molecular complexity index is 1240. The molecule has 0 radical (unpaired) electrons. The number of fused-ring (bicyclic) bond motifs is 1. The molecule has 8 nitrogen and oxygen atoms in total. The molecule has 3 heterocycles. The molecule has 0 atom stereocenters. The third-order valence-corrected chi connectivity index (χ3v) is 7.54. The lowest BCUT2D eigenvalue weighted by atomic mass is 10.1. The van der Waals surface area contributed by atoms with E-state index in [1.165, 1.54) is 10.5 Å². The van der Waals surface area contributed by atoms with E-state index in [1.54, 1.807) is 21.5 Å². The highest BCUT2D eigenvalue weighted by Crippen LogP contribution is 2.22. The molecule has 4 rings (SSSR count). The second-order valence-electron chi connectivity index (χ2n) is 7.77. The number of aromatic nitrogens is 3. The molecular formula is C21H25N5O3S. The van der Waals surface area contributed by atoms with Gasteiger partial charge in [-0.2, -0.15) is 9.40 Å². The Morgan fingerprint density at radius 1 is 0.967 bits per heavy atom. The van der Waals surface area contributed by atoms with Gasteiger partial charge in [-0.3, -0.25) is 4.79 Å². The molecule has 0 spiro atoms. The highest BCUT2D eigenvalue weighted by atomic mass is 32.2. The fourth-order valence-corrected chi connectivity index (χ4v) is 5.25. The minimum Gasteiger partial charge on any atom is -0.336 e. The average Bonchev–Trinajstić information content (AvgIpc) is 3.13. The first-order valence-corrected chi connectivity index (χ1v) is 11.3. The van der Waals surface area contributed by atoms with Gasteiger partial charge in [-0.25, -0.2) is 17.9 Å². The first kappa shape index (κ1) is 20.5. The van der Waals surface area contributed by atoms with Crippen molar-refractivity contribution < 1.29 is 13.2 Å². The minimum atomic E-state index is -3.58. The number of benzene rings is 1. The maximum absolute atomic E-state index is 13.1. The highest BCUT2D eigenvalue weighted by Gasteiger charge is 2.31. The summed E-state index contributed by atoms with van der Waals surface area (Å²) in [6.07, 6.45) is 1.54. The smallest absolute Gasteiger partial charge is 0.259 e. The number of carbonyl (C=O) groups excluding carboxylic acids is 1. The van der Waals surface area contributed by atoms with Gasteiger partial charge in [-0.1, -0.05) is 6.07 Å². The van der Waals surface area contributed by atoms with Crippen molar-refractivity contribution in [2.75, 3.05) is 26.2 Å². The largest absolute Gasteiger partial charge is 0.336 e. The Hall–Kier alpha value is -2.78. The molecule has 0 bridgehead atoms. The molecule has 3 aromatic rings. The number of rotatable bonds is 3. The van der Waals surface area contributed by atoms with Crippen LogP contribution in [0.4, 0.5) is 0 Å². The zero-order valence-electron chi connectivity index (χ0n) is 17.6. The average molecular weight is 428 g/mol. The third-order valence-electron chi connectivity index (χ3n) is 5.65. The van der Waals surface area contributed by atoms with Crippen molar-refractivity contribution in [1.29, 1.82) is 0 Å². The monoisotopic (exact) mass is 427 g/mol. The van der Waals surface area contributed by atoms with Crippen LogP contribution >= 0.6 is 0 Å². The van der Waals surface area contributed by atoms with Gasteiger partial charge in [0.05, 0.1) is 11.1 Å². The van der Waals surface area contributed by atoms with Crippen LogP contribution in [0.1, 0.15) is 32.9 Å². The minimum absolute atomic E-state index is 0.175. The lowest BCUT2D eigenvalue weighted by Gasteiger charge is -2.34. The maximum atomic E-state index is 13.1. The van der Waals surface area contributed by atoms with Crippen molar-refractivity contribution >= 4 is 21.6 Å². The first-order chi connectivity index (χ1) is 14.2. The predicted octanol–water partition coefficient (Wildman–Crippen LogP) is 2.11. The number of nitrogens with zero attached hydrogens (tertiary/aromatic N) is 5. The van der Waals surface area contributed by atoms with Gasteiger partial charge >= 0.3 is 0 Å². The van der Waals surface area contributed by atoms with Gasteiger partial charge < -0.3 is 4.90 Å². The second kappa shape index (κ2) is 7.48. The molecule has 0 unspecified atom stereocenters. The van der Waals surface area contributed by atoms with Crippen LogP contribution in [0.2, 0.25) is 0 Å². The molecule has 2 aromatic heterocycles. The van der Waals surface area contributed by atoms with E-state index in [1.807, 2.05) is 39.8 Å². The standard InChI is InChI=1S/C21H25N5O3S/c1-14-5-6-18(11-15(14)2)30(28,29)25-9-7-24(8-10-25)21(27)19-13-22-26-17(4)12-16(3)23-20(19)26/h5-6,11-13H,7-10H2,1-4H3. The van der Waals surface area contributed by atoms with E-state index in [9.17, 15) is 13.2 Å². The first-order valence-electron chi connectivity index (χ1n) is 9.87.